The molecule has 3 aromatic rings. The third-order valence-electron chi connectivity index (χ3n) is 6.56. The molecule has 1 saturated heterocycles. The molecule has 2 heterocycles. The van der Waals surface area contributed by atoms with Crippen LogP contribution in [0.1, 0.15) is 41.2 Å². The van der Waals surface area contributed by atoms with Crippen LogP contribution in [0.15, 0.2) is 64.3 Å². The van der Waals surface area contributed by atoms with Crippen LogP contribution in [0.25, 0.3) is 6.08 Å². The lowest BCUT2D eigenvalue weighted by Crippen LogP contribution is -2.30. The van der Waals surface area contributed by atoms with Gasteiger partial charge in [-0.15, -0.1) is 0 Å². The predicted octanol–water partition coefficient (Wildman–Crippen LogP) is 5.50. The third-order valence-corrected chi connectivity index (χ3v) is 7.93. The second-order valence-electron chi connectivity index (χ2n) is 9.10. The van der Waals surface area contributed by atoms with Crippen molar-refractivity contribution in [3.8, 4) is 11.8 Å². The first-order chi connectivity index (χ1) is 18.9. The number of aromatic nitrogens is 1. The van der Waals surface area contributed by atoms with Crippen LogP contribution in [-0.2, 0) is 24.3 Å². The fraction of sp³-hybridized carbons (Fsp3) is 0.267. The molecular formula is C30H30N4O3S2. The van der Waals surface area contributed by atoms with Crippen molar-refractivity contribution >= 4 is 46.1 Å². The fourth-order valence-corrected chi connectivity index (χ4v) is 5.72. The number of ether oxygens (including phenoxy) is 1. The molecule has 0 bridgehead atoms. The number of benzene rings is 2. The van der Waals surface area contributed by atoms with E-state index in [2.05, 4.69) is 11.4 Å². The van der Waals surface area contributed by atoms with E-state index in [1.165, 1.54) is 11.8 Å². The van der Waals surface area contributed by atoms with Crippen LogP contribution in [0, 0.1) is 18.3 Å². The molecule has 1 aliphatic rings. The molecular weight excluding hydrogens is 528 g/mol. The van der Waals surface area contributed by atoms with Crippen molar-refractivity contribution in [2.45, 2.75) is 39.8 Å². The predicted molar refractivity (Wildman–Crippen MR) is 161 cm³/mol. The highest BCUT2D eigenvalue weighted by molar-refractivity contribution is 8.26. The SMILES string of the molecule is CCCn1c(NCc2ccccc2)c(/C=C2/SC(=S)N(CCc3ccc(OC)cc3)C2=O)c(C)c(C#N)c1=O. The zero-order chi connectivity index (χ0) is 27.9. The quantitative estimate of drug-likeness (QED) is 0.260. The number of carbonyl (C=O) groups is 1. The number of thiocarbonyl (C=S) groups is 1. The number of nitrogens with one attached hydrogen (secondary N) is 1. The maximum absolute atomic E-state index is 13.5. The van der Waals surface area contributed by atoms with Gasteiger partial charge in [0.25, 0.3) is 11.5 Å². The summed E-state index contributed by atoms with van der Waals surface area (Å²) in [7, 11) is 1.62. The van der Waals surface area contributed by atoms with Crippen LogP contribution in [0.5, 0.6) is 5.75 Å². The van der Waals surface area contributed by atoms with Crippen LogP contribution < -0.4 is 15.6 Å². The van der Waals surface area contributed by atoms with E-state index in [4.69, 9.17) is 17.0 Å². The molecule has 9 heteroatoms. The zero-order valence-corrected chi connectivity index (χ0v) is 23.8. The number of amides is 1. The lowest BCUT2D eigenvalue weighted by Gasteiger charge is -2.20. The normalized spacial score (nSPS) is 14.1. The largest absolute Gasteiger partial charge is 0.497 e. The van der Waals surface area contributed by atoms with Gasteiger partial charge in [0.1, 0.15) is 27.5 Å². The standard InChI is InChI=1S/C30H30N4O3S2/c1-4-15-33-27(32-19-22-8-6-5-7-9-22)24(20(2)25(18-31)28(33)35)17-26-29(36)34(30(38)39-26)16-14-21-10-12-23(37-3)13-11-21/h5-13,17,32H,4,14-16,19H2,1-3H3/b26-17+. The van der Waals surface area contributed by atoms with E-state index >= 15 is 0 Å². The molecule has 1 aromatic heterocycles. The van der Waals surface area contributed by atoms with Crippen molar-refractivity contribution in [3.63, 3.8) is 0 Å². The second kappa shape index (κ2) is 12.8. The van der Waals surface area contributed by atoms with Gasteiger partial charge in [0, 0.05) is 25.2 Å². The van der Waals surface area contributed by atoms with E-state index in [0.29, 0.717) is 58.6 Å². The number of methoxy groups -OCH3 is 1. The van der Waals surface area contributed by atoms with Crippen molar-refractivity contribution in [1.82, 2.24) is 9.47 Å². The Labute approximate surface area is 238 Å². The van der Waals surface area contributed by atoms with Crippen LogP contribution in [0.3, 0.4) is 0 Å². The Hall–Kier alpha value is -3.87. The lowest BCUT2D eigenvalue weighted by molar-refractivity contribution is -0.122. The molecule has 7 nitrogen and oxygen atoms in total. The maximum Gasteiger partial charge on any atom is 0.270 e. The average molecular weight is 559 g/mol. The van der Waals surface area contributed by atoms with Gasteiger partial charge in [-0.2, -0.15) is 5.26 Å². The number of hydrogen-bond donors (Lipinski definition) is 1. The van der Waals surface area contributed by atoms with E-state index in [1.54, 1.807) is 29.6 Å². The van der Waals surface area contributed by atoms with Gasteiger partial charge in [-0.1, -0.05) is 73.4 Å². The van der Waals surface area contributed by atoms with Crippen molar-refractivity contribution in [2.24, 2.45) is 0 Å². The molecule has 0 saturated carbocycles. The molecule has 1 aliphatic heterocycles. The van der Waals surface area contributed by atoms with Gasteiger partial charge in [0.2, 0.25) is 0 Å². The van der Waals surface area contributed by atoms with Crippen LogP contribution in [0.2, 0.25) is 0 Å². The Morgan fingerprint density at radius 3 is 2.44 bits per heavy atom. The van der Waals surface area contributed by atoms with E-state index < -0.39 is 0 Å². The Morgan fingerprint density at radius 1 is 1.08 bits per heavy atom. The monoisotopic (exact) mass is 558 g/mol. The van der Waals surface area contributed by atoms with Crippen molar-refractivity contribution in [2.75, 3.05) is 19.0 Å². The zero-order valence-electron chi connectivity index (χ0n) is 22.2. The number of hydrogen-bond acceptors (Lipinski definition) is 7. The van der Waals surface area contributed by atoms with Gasteiger partial charge < -0.3 is 10.1 Å². The summed E-state index contributed by atoms with van der Waals surface area (Å²) < 4.78 is 7.31. The minimum Gasteiger partial charge on any atom is -0.497 e. The molecule has 4 rings (SSSR count). The molecule has 0 radical (unpaired) electrons. The number of anilines is 1. The summed E-state index contributed by atoms with van der Waals surface area (Å²) in [5.41, 5.74) is 3.04. The lowest BCUT2D eigenvalue weighted by atomic mass is 10.0. The first kappa shape index (κ1) is 28.1. The molecule has 0 unspecified atom stereocenters. The van der Waals surface area contributed by atoms with Crippen LogP contribution in [-0.4, -0.2) is 33.3 Å². The number of nitriles is 1. The smallest absolute Gasteiger partial charge is 0.270 e. The van der Waals surface area contributed by atoms with Gasteiger partial charge in [-0.25, -0.2) is 0 Å². The second-order valence-corrected chi connectivity index (χ2v) is 10.8. The minimum atomic E-state index is -0.336. The van der Waals surface area contributed by atoms with Gasteiger partial charge in [-0.05, 0) is 54.7 Å². The maximum atomic E-state index is 13.5. The number of thioether (sulfide) groups is 1. The molecule has 39 heavy (non-hydrogen) atoms. The molecule has 200 valence electrons. The number of pyridine rings is 1. The number of rotatable bonds is 10. The molecule has 0 atom stereocenters. The van der Waals surface area contributed by atoms with Crippen molar-refractivity contribution < 1.29 is 9.53 Å². The summed E-state index contributed by atoms with van der Waals surface area (Å²) in [6.07, 6.45) is 3.12. The summed E-state index contributed by atoms with van der Waals surface area (Å²) in [5, 5.41) is 13.2. The van der Waals surface area contributed by atoms with Gasteiger partial charge in [-0.3, -0.25) is 19.1 Å². The Balaban J connectivity index is 1.68. The summed E-state index contributed by atoms with van der Waals surface area (Å²) >= 11 is 6.80. The molecule has 2 aromatic carbocycles. The molecule has 0 aliphatic carbocycles. The summed E-state index contributed by atoms with van der Waals surface area (Å²) in [5.74, 6) is 1.19. The minimum absolute atomic E-state index is 0.0787. The molecule has 1 amide bonds. The van der Waals surface area contributed by atoms with Gasteiger partial charge in [0.15, 0.2) is 0 Å². The highest BCUT2D eigenvalue weighted by Gasteiger charge is 2.32. The van der Waals surface area contributed by atoms with Crippen LogP contribution >= 0.6 is 24.0 Å². The van der Waals surface area contributed by atoms with Crippen LogP contribution in [0.4, 0.5) is 5.82 Å². The number of carbonyl (C=O) groups excluding carboxylic acids is 1. The van der Waals surface area contributed by atoms with E-state index in [0.717, 1.165) is 16.9 Å². The summed E-state index contributed by atoms with van der Waals surface area (Å²) in [6.45, 7) is 5.10. The van der Waals surface area contributed by atoms with Gasteiger partial charge >= 0.3 is 0 Å². The third kappa shape index (κ3) is 6.24. The summed E-state index contributed by atoms with van der Waals surface area (Å²) in [4.78, 5) is 28.8. The van der Waals surface area contributed by atoms with E-state index in [9.17, 15) is 14.9 Å². The van der Waals surface area contributed by atoms with E-state index in [-0.39, 0.29) is 17.0 Å². The topological polar surface area (TPSA) is 87.4 Å². The average Bonchev–Trinajstić information content (AvgIpc) is 3.22. The number of nitrogens with zero attached hydrogens (tertiary/aromatic N) is 3. The molecule has 1 fully saturated rings. The first-order valence-electron chi connectivity index (χ1n) is 12.7. The van der Waals surface area contributed by atoms with E-state index in [1.807, 2.05) is 61.5 Å². The van der Waals surface area contributed by atoms with Crippen molar-refractivity contribution in [3.05, 3.63) is 97.7 Å². The highest BCUT2D eigenvalue weighted by Crippen LogP contribution is 2.35. The Morgan fingerprint density at radius 2 is 1.79 bits per heavy atom. The van der Waals surface area contributed by atoms with Gasteiger partial charge in [0.05, 0.1) is 12.0 Å². The highest BCUT2D eigenvalue weighted by atomic mass is 32.2. The Bertz CT molecular complexity index is 1510. The summed E-state index contributed by atoms with van der Waals surface area (Å²) in [6, 6.07) is 19.7. The fourth-order valence-electron chi connectivity index (χ4n) is 4.43. The molecule has 1 N–H and O–H groups in total. The first-order valence-corrected chi connectivity index (χ1v) is 13.9. The van der Waals surface area contributed by atoms with Crippen molar-refractivity contribution in [1.29, 1.82) is 5.26 Å². The molecule has 0 spiro atoms. The Kier molecular flexibility index (Phi) is 9.23.